The van der Waals surface area contributed by atoms with Gasteiger partial charge in [-0.2, -0.15) is 0 Å². The van der Waals surface area contributed by atoms with Crippen LogP contribution in [0, 0.1) is 5.82 Å². The Morgan fingerprint density at radius 2 is 1.56 bits per heavy atom. The number of carbonyl (C=O) groups is 2. The molecule has 0 fully saturated rings. The molecule has 0 aliphatic carbocycles. The summed E-state index contributed by atoms with van der Waals surface area (Å²) in [5.74, 6) is -0.875. The first-order valence-electron chi connectivity index (χ1n) is 10.1. The lowest BCUT2D eigenvalue weighted by atomic mass is 10.2. The minimum absolute atomic E-state index is 0.00411. The molecule has 34 heavy (non-hydrogen) atoms. The molecule has 0 aromatic heterocycles. The molecule has 0 heterocycles. The molecule has 178 valence electrons. The first-order valence-corrected chi connectivity index (χ1v) is 11.6. The van der Waals surface area contributed by atoms with Gasteiger partial charge in [-0.3, -0.25) is 9.10 Å². The van der Waals surface area contributed by atoms with Crippen molar-refractivity contribution in [2.75, 3.05) is 23.3 Å². The third-order valence-corrected chi connectivity index (χ3v) is 6.50. The first-order chi connectivity index (χ1) is 16.1. The van der Waals surface area contributed by atoms with Crippen LogP contribution in [0.4, 0.5) is 15.8 Å². The normalized spacial score (nSPS) is 10.9. The van der Waals surface area contributed by atoms with Crippen molar-refractivity contribution in [3.63, 3.8) is 0 Å². The van der Waals surface area contributed by atoms with Crippen molar-refractivity contribution in [2.45, 2.75) is 18.4 Å². The number of esters is 1. The van der Waals surface area contributed by atoms with Gasteiger partial charge in [0, 0.05) is 19.7 Å². The highest BCUT2D eigenvalue weighted by molar-refractivity contribution is 7.92. The van der Waals surface area contributed by atoms with Crippen LogP contribution >= 0.6 is 0 Å². The summed E-state index contributed by atoms with van der Waals surface area (Å²) in [5, 5.41) is 2.58. The number of anilines is 2. The van der Waals surface area contributed by atoms with Crippen molar-refractivity contribution in [1.82, 2.24) is 0 Å². The number of hydrogen-bond donors (Lipinski definition) is 1. The Balaban J connectivity index is 1.55. The van der Waals surface area contributed by atoms with Crippen LogP contribution in [0.3, 0.4) is 0 Å². The van der Waals surface area contributed by atoms with Gasteiger partial charge in [0.15, 0.2) is 6.61 Å². The SMILES string of the molecule is CC(=O)Nc1ccc(S(=O)(=O)N(C)c2ccc(OCC(=O)OCc3ccc(F)cc3)cc2)cc1. The summed E-state index contributed by atoms with van der Waals surface area (Å²) in [4.78, 5) is 23.1. The second-order valence-corrected chi connectivity index (χ2v) is 9.22. The van der Waals surface area contributed by atoms with E-state index in [0.29, 0.717) is 22.7 Å². The Bertz CT molecular complexity index is 1240. The molecule has 3 aromatic rings. The minimum atomic E-state index is -3.83. The number of hydrogen-bond acceptors (Lipinski definition) is 6. The van der Waals surface area contributed by atoms with Gasteiger partial charge in [-0.05, 0) is 66.2 Å². The highest BCUT2D eigenvalue weighted by Gasteiger charge is 2.21. The molecule has 0 unspecified atom stereocenters. The number of rotatable bonds is 9. The number of ether oxygens (including phenoxy) is 2. The van der Waals surface area contributed by atoms with Gasteiger partial charge in [-0.15, -0.1) is 0 Å². The topological polar surface area (TPSA) is 102 Å². The number of carbonyl (C=O) groups excluding carboxylic acids is 2. The number of sulfonamides is 1. The lowest BCUT2D eigenvalue weighted by Gasteiger charge is -2.20. The molecular formula is C24H23FN2O6S. The summed E-state index contributed by atoms with van der Waals surface area (Å²) >= 11 is 0. The summed E-state index contributed by atoms with van der Waals surface area (Å²) < 4.78 is 50.3. The van der Waals surface area contributed by atoms with Crippen molar-refractivity contribution in [3.8, 4) is 5.75 Å². The molecule has 3 rings (SSSR count). The highest BCUT2D eigenvalue weighted by atomic mass is 32.2. The van der Waals surface area contributed by atoms with E-state index in [1.54, 1.807) is 12.1 Å². The van der Waals surface area contributed by atoms with Gasteiger partial charge >= 0.3 is 5.97 Å². The van der Waals surface area contributed by atoms with Crippen molar-refractivity contribution in [1.29, 1.82) is 0 Å². The second kappa shape index (κ2) is 10.8. The molecule has 0 saturated carbocycles. The highest BCUT2D eigenvalue weighted by Crippen LogP contribution is 2.25. The summed E-state index contributed by atoms with van der Waals surface area (Å²) in [6.07, 6.45) is 0. The molecule has 8 nitrogen and oxygen atoms in total. The predicted molar refractivity (Wildman–Crippen MR) is 124 cm³/mol. The first kappa shape index (κ1) is 24.7. The monoisotopic (exact) mass is 486 g/mol. The number of benzene rings is 3. The Morgan fingerprint density at radius 1 is 0.941 bits per heavy atom. The van der Waals surface area contributed by atoms with E-state index in [2.05, 4.69) is 5.32 Å². The van der Waals surface area contributed by atoms with Gasteiger partial charge in [-0.1, -0.05) is 12.1 Å². The minimum Gasteiger partial charge on any atom is -0.482 e. The van der Waals surface area contributed by atoms with Crippen LogP contribution in [0.25, 0.3) is 0 Å². The smallest absolute Gasteiger partial charge is 0.344 e. The van der Waals surface area contributed by atoms with E-state index in [-0.39, 0.29) is 29.8 Å². The van der Waals surface area contributed by atoms with E-state index in [4.69, 9.17) is 9.47 Å². The zero-order valence-electron chi connectivity index (χ0n) is 18.5. The molecule has 0 aliphatic heterocycles. The molecule has 0 atom stereocenters. The van der Waals surface area contributed by atoms with Crippen LogP contribution in [0.15, 0.2) is 77.7 Å². The van der Waals surface area contributed by atoms with E-state index in [0.717, 1.165) is 4.31 Å². The molecule has 0 bridgehead atoms. The molecule has 0 saturated heterocycles. The number of halogens is 1. The summed E-state index contributed by atoms with van der Waals surface area (Å²) in [7, 11) is -2.41. The average molecular weight is 487 g/mol. The van der Waals surface area contributed by atoms with Crippen LogP contribution in [0.5, 0.6) is 5.75 Å². The fourth-order valence-electron chi connectivity index (χ4n) is 2.89. The average Bonchev–Trinajstić information content (AvgIpc) is 2.82. The third kappa shape index (κ3) is 6.55. The second-order valence-electron chi connectivity index (χ2n) is 7.25. The fraction of sp³-hybridized carbons (Fsp3) is 0.167. The van der Waals surface area contributed by atoms with Crippen molar-refractivity contribution in [2.24, 2.45) is 0 Å². The maximum Gasteiger partial charge on any atom is 0.344 e. The third-order valence-electron chi connectivity index (χ3n) is 4.70. The van der Waals surface area contributed by atoms with E-state index >= 15 is 0 Å². The summed E-state index contributed by atoms with van der Waals surface area (Å²) in [6.45, 7) is 1.02. The predicted octanol–water partition coefficient (Wildman–Crippen LogP) is 3.73. The van der Waals surface area contributed by atoms with Crippen LogP contribution in [0.2, 0.25) is 0 Å². The van der Waals surface area contributed by atoms with Gasteiger partial charge in [0.25, 0.3) is 10.0 Å². The van der Waals surface area contributed by atoms with Gasteiger partial charge in [0.2, 0.25) is 5.91 Å². The molecule has 0 spiro atoms. The van der Waals surface area contributed by atoms with Crippen LogP contribution < -0.4 is 14.4 Å². The van der Waals surface area contributed by atoms with E-state index in [1.165, 1.54) is 74.6 Å². The van der Waals surface area contributed by atoms with Crippen molar-refractivity contribution in [3.05, 3.63) is 84.2 Å². The largest absolute Gasteiger partial charge is 0.482 e. The molecule has 3 aromatic carbocycles. The van der Waals surface area contributed by atoms with Gasteiger partial charge in [-0.25, -0.2) is 17.6 Å². The van der Waals surface area contributed by atoms with Crippen molar-refractivity contribution < 1.29 is 31.9 Å². The van der Waals surface area contributed by atoms with Crippen LogP contribution in [-0.2, 0) is 31.0 Å². The molecule has 1 N–H and O–H groups in total. The Hall–Kier alpha value is -3.92. The Morgan fingerprint density at radius 3 is 2.15 bits per heavy atom. The lowest BCUT2D eigenvalue weighted by Crippen LogP contribution is -2.26. The number of nitrogens with zero attached hydrogens (tertiary/aromatic N) is 1. The maximum absolute atomic E-state index is 12.9. The zero-order valence-corrected chi connectivity index (χ0v) is 19.3. The number of nitrogens with one attached hydrogen (secondary N) is 1. The zero-order chi connectivity index (χ0) is 24.7. The van der Waals surface area contributed by atoms with Crippen LogP contribution in [0.1, 0.15) is 12.5 Å². The standard InChI is InChI=1S/C24H23FN2O6S/c1-17(28)26-20-7-13-23(14-8-20)34(30,31)27(2)21-9-11-22(12-10-21)32-16-24(29)33-15-18-3-5-19(25)6-4-18/h3-14H,15-16H2,1-2H3,(H,26,28). The quantitative estimate of drug-likeness (QED) is 0.463. The van der Waals surface area contributed by atoms with Gasteiger partial charge in [0.05, 0.1) is 10.6 Å². The van der Waals surface area contributed by atoms with Gasteiger partial charge < -0.3 is 14.8 Å². The maximum atomic E-state index is 12.9. The molecule has 1 amide bonds. The molecule has 0 aliphatic rings. The lowest BCUT2D eigenvalue weighted by molar-refractivity contribution is -0.147. The van der Waals surface area contributed by atoms with E-state index in [1.807, 2.05) is 0 Å². The Kier molecular flexibility index (Phi) is 7.85. The molecular weight excluding hydrogens is 463 g/mol. The van der Waals surface area contributed by atoms with Crippen LogP contribution in [-0.4, -0.2) is 33.9 Å². The number of amides is 1. The fourth-order valence-corrected chi connectivity index (χ4v) is 4.09. The van der Waals surface area contributed by atoms with E-state index < -0.39 is 16.0 Å². The summed E-state index contributed by atoms with van der Waals surface area (Å²) in [6, 6.07) is 17.6. The molecule has 10 heteroatoms. The van der Waals surface area contributed by atoms with Gasteiger partial charge in [0.1, 0.15) is 18.2 Å². The summed E-state index contributed by atoms with van der Waals surface area (Å²) in [5.41, 5.74) is 1.53. The Labute approximate surface area is 197 Å². The van der Waals surface area contributed by atoms with E-state index in [9.17, 15) is 22.4 Å². The molecule has 0 radical (unpaired) electrons. The van der Waals surface area contributed by atoms with Crippen molar-refractivity contribution >= 4 is 33.3 Å².